The average molecular weight is 354 g/mol. The lowest BCUT2D eigenvalue weighted by Gasteiger charge is -2.16. The van der Waals surface area contributed by atoms with E-state index in [2.05, 4.69) is 10.1 Å². The highest BCUT2D eigenvalue weighted by atomic mass is 35.5. The van der Waals surface area contributed by atoms with Crippen LogP contribution in [0.5, 0.6) is 0 Å². The fraction of sp³-hybridized carbons (Fsp3) is 0.211. The topological polar surface area (TPSA) is 59.2 Å². The lowest BCUT2D eigenvalue weighted by Crippen LogP contribution is -2.24. The number of aromatic nitrogens is 2. The molecule has 0 N–H and O–H groups in total. The molecule has 0 radical (unpaired) electrons. The van der Waals surface area contributed by atoms with Crippen molar-refractivity contribution in [2.24, 2.45) is 0 Å². The molecule has 5 nitrogen and oxygen atoms in total. The molecule has 25 heavy (non-hydrogen) atoms. The summed E-state index contributed by atoms with van der Waals surface area (Å²) < 4.78 is 5.42. The van der Waals surface area contributed by atoms with Crippen LogP contribution in [0.3, 0.4) is 0 Å². The summed E-state index contributed by atoms with van der Waals surface area (Å²) >= 11 is 6.18. The van der Waals surface area contributed by atoms with E-state index in [0.29, 0.717) is 29.7 Å². The van der Waals surface area contributed by atoms with Crippen LogP contribution < -0.4 is 4.90 Å². The highest BCUT2D eigenvalue weighted by molar-refractivity contribution is 6.33. The third-order valence-electron chi connectivity index (χ3n) is 4.34. The van der Waals surface area contributed by atoms with Crippen LogP contribution in [0.4, 0.5) is 5.69 Å². The molecule has 6 heteroatoms. The minimum Gasteiger partial charge on any atom is -0.339 e. The minimum absolute atomic E-state index is 0.0630. The zero-order chi connectivity index (χ0) is 17.4. The first kappa shape index (κ1) is 15.8. The number of carbonyl (C=O) groups is 1. The molecule has 1 aliphatic heterocycles. The van der Waals surface area contributed by atoms with E-state index in [4.69, 9.17) is 16.1 Å². The maximum atomic E-state index is 12.4. The number of amides is 1. The average Bonchev–Trinajstić information content (AvgIpc) is 3.22. The first-order valence-electron chi connectivity index (χ1n) is 8.07. The SMILES string of the molecule is Cc1cccc(N2CC(c3nc(-c4ccccc4Cl)no3)CC2=O)c1. The molecule has 1 aliphatic rings. The van der Waals surface area contributed by atoms with Crippen LogP contribution in [0.1, 0.15) is 23.8 Å². The van der Waals surface area contributed by atoms with Gasteiger partial charge in [0.15, 0.2) is 0 Å². The Labute approximate surface area is 150 Å². The van der Waals surface area contributed by atoms with Crippen LogP contribution >= 0.6 is 11.6 Å². The fourth-order valence-corrected chi connectivity index (χ4v) is 3.29. The number of benzene rings is 2. The van der Waals surface area contributed by atoms with E-state index in [9.17, 15) is 4.79 Å². The summed E-state index contributed by atoms with van der Waals surface area (Å²) in [5, 5.41) is 4.60. The Kier molecular flexibility index (Phi) is 4.01. The Hall–Kier alpha value is -2.66. The van der Waals surface area contributed by atoms with E-state index in [0.717, 1.165) is 16.8 Å². The van der Waals surface area contributed by atoms with Gasteiger partial charge in [-0.3, -0.25) is 4.79 Å². The van der Waals surface area contributed by atoms with Crippen LogP contribution in [0.25, 0.3) is 11.4 Å². The van der Waals surface area contributed by atoms with E-state index in [-0.39, 0.29) is 11.8 Å². The van der Waals surface area contributed by atoms with Crippen molar-refractivity contribution in [3.8, 4) is 11.4 Å². The molecule has 3 aromatic rings. The predicted molar refractivity (Wildman–Crippen MR) is 95.6 cm³/mol. The van der Waals surface area contributed by atoms with Gasteiger partial charge in [-0.1, -0.05) is 41.0 Å². The second-order valence-corrected chi connectivity index (χ2v) is 6.59. The van der Waals surface area contributed by atoms with Crippen LogP contribution in [0.2, 0.25) is 5.02 Å². The van der Waals surface area contributed by atoms with Gasteiger partial charge in [0.1, 0.15) is 0 Å². The van der Waals surface area contributed by atoms with Crippen molar-refractivity contribution in [3.63, 3.8) is 0 Å². The number of anilines is 1. The third kappa shape index (κ3) is 3.03. The molecule has 1 atom stereocenters. The monoisotopic (exact) mass is 353 g/mol. The summed E-state index contributed by atoms with van der Waals surface area (Å²) in [7, 11) is 0. The number of carbonyl (C=O) groups excluding carboxylic acids is 1. The zero-order valence-corrected chi connectivity index (χ0v) is 14.4. The quantitative estimate of drug-likeness (QED) is 0.707. The van der Waals surface area contributed by atoms with E-state index in [1.165, 1.54) is 0 Å². The van der Waals surface area contributed by atoms with Crippen LogP contribution in [0.15, 0.2) is 53.1 Å². The van der Waals surface area contributed by atoms with Crippen molar-refractivity contribution in [1.82, 2.24) is 10.1 Å². The summed E-state index contributed by atoms with van der Waals surface area (Å²) in [6.45, 7) is 2.54. The number of halogens is 1. The molecule has 2 heterocycles. The Morgan fingerprint density at radius 1 is 1.20 bits per heavy atom. The van der Waals surface area contributed by atoms with E-state index >= 15 is 0 Å². The number of aryl methyl sites for hydroxylation is 1. The standard InChI is InChI=1S/C19H16ClN3O2/c1-12-5-4-6-14(9-12)23-11-13(10-17(23)24)19-21-18(22-25-19)15-7-2-3-8-16(15)20/h2-9,13H,10-11H2,1H3. The van der Waals surface area contributed by atoms with E-state index in [1.54, 1.807) is 11.0 Å². The molecule has 1 fully saturated rings. The van der Waals surface area contributed by atoms with Gasteiger partial charge >= 0.3 is 0 Å². The Bertz CT molecular complexity index is 938. The van der Waals surface area contributed by atoms with Crippen molar-refractivity contribution >= 4 is 23.2 Å². The number of nitrogens with zero attached hydrogens (tertiary/aromatic N) is 3. The summed E-state index contributed by atoms with van der Waals surface area (Å²) in [6, 6.07) is 15.3. The van der Waals surface area contributed by atoms with E-state index < -0.39 is 0 Å². The predicted octanol–water partition coefficient (Wildman–Crippen LogP) is 4.22. The van der Waals surface area contributed by atoms with Gasteiger partial charge in [0.2, 0.25) is 17.6 Å². The molecular weight excluding hydrogens is 338 g/mol. The largest absolute Gasteiger partial charge is 0.339 e. The van der Waals surface area contributed by atoms with Crippen LogP contribution in [-0.4, -0.2) is 22.6 Å². The summed E-state index contributed by atoms with van der Waals surface area (Å²) in [4.78, 5) is 18.7. The molecule has 126 valence electrons. The minimum atomic E-state index is -0.114. The molecule has 1 unspecified atom stereocenters. The van der Waals surface area contributed by atoms with Crippen LogP contribution in [0, 0.1) is 6.92 Å². The maximum absolute atomic E-state index is 12.4. The summed E-state index contributed by atoms with van der Waals surface area (Å²) in [5.74, 6) is 0.866. The number of rotatable bonds is 3. The second-order valence-electron chi connectivity index (χ2n) is 6.18. The van der Waals surface area contributed by atoms with Gasteiger partial charge in [0, 0.05) is 24.2 Å². The third-order valence-corrected chi connectivity index (χ3v) is 4.67. The highest BCUT2D eigenvalue weighted by Crippen LogP contribution is 2.33. The molecule has 0 spiro atoms. The molecule has 0 bridgehead atoms. The van der Waals surface area contributed by atoms with E-state index in [1.807, 2.05) is 49.4 Å². The van der Waals surface area contributed by atoms with Crippen molar-refractivity contribution in [1.29, 1.82) is 0 Å². The molecule has 0 aliphatic carbocycles. The fourth-order valence-electron chi connectivity index (χ4n) is 3.07. The molecule has 2 aromatic carbocycles. The molecule has 1 amide bonds. The van der Waals surface area contributed by atoms with Gasteiger partial charge in [-0.25, -0.2) is 0 Å². The van der Waals surface area contributed by atoms with Gasteiger partial charge in [0.05, 0.1) is 10.9 Å². The molecule has 1 saturated heterocycles. The van der Waals surface area contributed by atoms with Gasteiger partial charge < -0.3 is 9.42 Å². The second kappa shape index (κ2) is 6.33. The first-order chi connectivity index (χ1) is 12.1. The van der Waals surface area contributed by atoms with Gasteiger partial charge in [-0.05, 0) is 36.8 Å². The molecular formula is C19H16ClN3O2. The lowest BCUT2D eigenvalue weighted by molar-refractivity contribution is -0.117. The molecule has 0 saturated carbocycles. The molecule has 4 rings (SSSR count). The normalized spacial score (nSPS) is 17.3. The lowest BCUT2D eigenvalue weighted by atomic mass is 10.1. The summed E-state index contributed by atoms with van der Waals surface area (Å²) in [5.41, 5.74) is 2.74. The summed E-state index contributed by atoms with van der Waals surface area (Å²) in [6.07, 6.45) is 0.359. The van der Waals surface area contributed by atoms with Gasteiger partial charge in [-0.2, -0.15) is 4.98 Å². The highest BCUT2D eigenvalue weighted by Gasteiger charge is 2.35. The Morgan fingerprint density at radius 3 is 2.84 bits per heavy atom. The van der Waals surface area contributed by atoms with Gasteiger partial charge in [-0.15, -0.1) is 0 Å². The Morgan fingerprint density at radius 2 is 2.04 bits per heavy atom. The Balaban J connectivity index is 1.58. The number of hydrogen-bond donors (Lipinski definition) is 0. The van der Waals surface area contributed by atoms with Crippen molar-refractivity contribution in [2.45, 2.75) is 19.3 Å². The smallest absolute Gasteiger partial charge is 0.232 e. The number of hydrogen-bond acceptors (Lipinski definition) is 4. The van der Waals surface area contributed by atoms with Crippen molar-refractivity contribution in [3.05, 3.63) is 65.0 Å². The molecule has 1 aromatic heterocycles. The van der Waals surface area contributed by atoms with Gasteiger partial charge in [0.25, 0.3) is 0 Å². The maximum Gasteiger partial charge on any atom is 0.232 e. The first-order valence-corrected chi connectivity index (χ1v) is 8.45. The van der Waals surface area contributed by atoms with Crippen molar-refractivity contribution < 1.29 is 9.32 Å². The van der Waals surface area contributed by atoms with Crippen LogP contribution in [-0.2, 0) is 4.79 Å². The van der Waals surface area contributed by atoms with Crippen molar-refractivity contribution in [2.75, 3.05) is 11.4 Å². The zero-order valence-electron chi connectivity index (χ0n) is 13.6.